The third kappa shape index (κ3) is 2.09. The minimum Gasteiger partial charge on any atom is -0.496 e. The molecule has 0 aromatic heterocycles. The molecule has 0 saturated heterocycles. The molecule has 0 spiro atoms. The normalized spacial score (nSPS) is 13.1. The lowest BCUT2D eigenvalue weighted by Gasteiger charge is -2.10. The molecule has 22 heavy (non-hydrogen) atoms. The van der Waals surface area contributed by atoms with E-state index >= 15 is 0 Å². The van der Waals surface area contributed by atoms with Gasteiger partial charge in [-0.15, -0.1) is 0 Å². The number of hydrogen-bond donors (Lipinski definition) is 0. The molecule has 2 aromatic rings. The molecule has 2 aromatic carbocycles. The highest BCUT2D eigenvalue weighted by atomic mass is 16.5. The molecule has 1 aliphatic carbocycles. The number of benzene rings is 2. The number of methoxy groups -OCH3 is 2. The SMILES string of the molecule is COc1cccc(OC)c1C=C1C(=O)c2ccccc2C1=O. The van der Waals surface area contributed by atoms with Gasteiger partial charge in [0.25, 0.3) is 0 Å². The Hall–Kier alpha value is -2.88. The summed E-state index contributed by atoms with van der Waals surface area (Å²) in [6, 6.07) is 12.1. The largest absolute Gasteiger partial charge is 0.496 e. The smallest absolute Gasteiger partial charge is 0.197 e. The van der Waals surface area contributed by atoms with Crippen molar-refractivity contribution in [2.24, 2.45) is 0 Å². The van der Waals surface area contributed by atoms with Crippen LogP contribution in [0.15, 0.2) is 48.0 Å². The van der Waals surface area contributed by atoms with Gasteiger partial charge in [-0.2, -0.15) is 0 Å². The lowest BCUT2D eigenvalue weighted by atomic mass is 10.1. The predicted octanol–water partition coefficient (Wildman–Crippen LogP) is 3.17. The topological polar surface area (TPSA) is 52.6 Å². The van der Waals surface area contributed by atoms with Crippen molar-refractivity contribution in [1.29, 1.82) is 0 Å². The van der Waals surface area contributed by atoms with Crippen molar-refractivity contribution in [3.8, 4) is 11.5 Å². The average molecular weight is 294 g/mol. The summed E-state index contributed by atoms with van der Waals surface area (Å²) < 4.78 is 10.6. The summed E-state index contributed by atoms with van der Waals surface area (Å²) in [5.41, 5.74) is 1.58. The highest BCUT2D eigenvalue weighted by Gasteiger charge is 2.33. The number of carbonyl (C=O) groups is 2. The van der Waals surface area contributed by atoms with Crippen LogP contribution in [0.1, 0.15) is 26.3 Å². The van der Waals surface area contributed by atoms with Gasteiger partial charge in [0, 0.05) is 11.1 Å². The first-order valence-electron chi connectivity index (χ1n) is 6.78. The van der Waals surface area contributed by atoms with E-state index in [9.17, 15) is 9.59 Å². The summed E-state index contributed by atoms with van der Waals surface area (Å²) in [4.78, 5) is 24.9. The van der Waals surface area contributed by atoms with Crippen molar-refractivity contribution < 1.29 is 19.1 Å². The molecule has 0 saturated carbocycles. The van der Waals surface area contributed by atoms with Gasteiger partial charge in [0.15, 0.2) is 11.6 Å². The molecule has 0 unspecified atom stereocenters. The average Bonchev–Trinajstić information content (AvgIpc) is 2.80. The van der Waals surface area contributed by atoms with Gasteiger partial charge in [-0.1, -0.05) is 30.3 Å². The first-order chi connectivity index (χ1) is 10.7. The van der Waals surface area contributed by atoms with Crippen molar-refractivity contribution >= 4 is 17.6 Å². The highest BCUT2D eigenvalue weighted by molar-refractivity contribution is 6.41. The molecule has 0 bridgehead atoms. The molecule has 0 heterocycles. The Balaban J connectivity index is 2.16. The molecular formula is C18H14O4. The Morgan fingerprint density at radius 1 is 0.773 bits per heavy atom. The Morgan fingerprint density at radius 3 is 1.73 bits per heavy atom. The van der Waals surface area contributed by atoms with Gasteiger partial charge in [-0.25, -0.2) is 0 Å². The van der Waals surface area contributed by atoms with Crippen LogP contribution in [0.4, 0.5) is 0 Å². The van der Waals surface area contributed by atoms with Crippen LogP contribution >= 0.6 is 0 Å². The highest BCUT2D eigenvalue weighted by Crippen LogP contribution is 2.34. The lowest BCUT2D eigenvalue weighted by molar-refractivity contribution is 0.0990. The maximum atomic E-state index is 12.4. The van der Waals surface area contributed by atoms with Crippen molar-refractivity contribution in [2.75, 3.05) is 14.2 Å². The van der Waals surface area contributed by atoms with E-state index in [0.29, 0.717) is 28.2 Å². The van der Waals surface area contributed by atoms with Crippen LogP contribution < -0.4 is 9.47 Å². The van der Waals surface area contributed by atoms with Crippen molar-refractivity contribution in [1.82, 2.24) is 0 Å². The van der Waals surface area contributed by atoms with Gasteiger partial charge >= 0.3 is 0 Å². The number of carbonyl (C=O) groups excluding carboxylic acids is 2. The molecule has 110 valence electrons. The van der Waals surface area contributed by atoms with E-state index in [-0.39, 0.29) is 17.1 Å². The third-order valence-electron chi connectivity index (χ3n) is 3.66. The minimum atomic E-state index is -0.270. The number of hydrogen-bond acceptors (Lipinski definition) is 4. The molecule has 1 aliphatic rings. The molecule has 0 fully saturated rings. The number of rotatable bonds is 3. The Labute approximate surface area is 128 Å². The Bertz CT molecular complexity index is 743. The van der Waals surface area contributed by atoms with Crippen LogP contribution in [-0.2, 0) is 0 Å². The number of allylic oxidation sites excluding steroid dienone is 1. The monoisotopic (exact) mass is 294 g/mol. The zero-order valence-corrected chi connectivity index (χ0v) is 12.3. The predicted molar refractivity (Wildman–Crippen MR) is 82.6 cm³/mol. The van der Waals surface area contributed by atoms with E-state index in [2.05, 4.69) is 0 Å². The van der Waals surface area contributed by atoms with Crippen LogP contribution in [0.5, 0.6) is 11.5 Å². The van der Waals surface area contributed by atoms with Gasteiger partial charge in [-0.3, -0.25) is 9.59 Å². The van der Waals surface area contributed by atoms with Gasteiger partial charge < -0.3 is 9.47 Å². The first-order valence-corrected chi connectivity index (χ1v) is 6.78. The zero-order valence-electron chi connectivity index (χ0n) is 12.3. The Kier molecular flexibility index (Phi) is 3.51. The fourth-order valence-electron chi connectivity index (χ4n) is 2.57. The molecule has 0 N–H and O–H groups in total. The first kappa shape index (κ1) is 14.1. The van der Waals surface area contributed by atoms with Crippen LogP contribution in [-0.4, -0.2) is 25.8 Å². The molecule has 0 atom stereocenters. The second kappa shape index (κ2) is 5.48. The third-order valence-corrected chi connectivity index (χ3v) is 3.66. The zero-order chi connectivity index (χ0) is 15.7. The van der Waals surface area contributed by atoms with Crippen LogP contribution in [0.3, 0.4) is 0 Å². The second-order valence-corrected chi connectivity index (χ2v) is 4.84. The standard InChI is InChI=1S/C18H14O4/c1-21-15-8-5-9-16(22-2)13(15)10-14-17(19)11-6-3-4-7-12(11)18(14)20/h3-10H,1-2H3. The summed E-state index contributed by atoms with van der Waals surface area (Å²) in [6.45, 7) is 0. The molecule has 0 aliphatic heterocycles. The van der Waals surface area contributed by atoms with E-state index in [4.69, 9.17) is 9.47 Å². The fourth-order valence-corrected chi connectivity index (χ4v) is 2.57. The van der Waals surface area contributed by atoms with E-state index in [1.54, 1.807) is 48.5 Å². The van der Waals surface area contributed by atoms with E-state index in [1.807, 2.05) is 0 Å². The number of Topliss-reactive ketones (excluding diaryl/α,β-unsaturated/α-hetero) is 2. The fraction of sp³-hybridized carbons (Fsp3) is 0.111. The van der Waals surface area contributed by atoms with Crippen molar-refractivity contribution in [2.45, 2.75) is 0 Å². The maximum absolute atomic E-state index is 12.4. The summed E-state index contributed by atoms with van der Waals surface area (Å²) >= 11 is 0. The molecule has 0 amide bonds. The summed E-state index contributed by atoms with van der Waals surface area (Å²) in [5, 5.41) is 0. The Morgan fingerprint density at radius 2 is 1.27 bits per heavy atom. The van der Waals surface area contributed by atoms with E-state index in [1.165, 1.54) is 14.2 Å². The number of fused-ring (bicyclic) bond motifs is 1. The maximum Gasteiger partial charge on any atom is 0.197 e. The molecule has 3 rings (SSSR count). The van der Waals surface area contributed by atoms with Crippen molar-refractivity contribution in [3.05, 3.63) is 64.7 Å². The summed E-state index contributed by atoms with van der Waals surface area (Å²) in [5.74, 6) is 0.550. The second-order valence-electron chi connectivity index (χ2n) is 4.84. The lowest BCUT2D eigenvalue weighted by Crippen LogP contribution is -2.01. The van der Waals surface area contributed by atoms with Gasteiger partial charge in [0.05, 0.1) is 25.4 Å². The van der Waals surface area contributed by atoms with Crippen molar-refractivity contribution in [3.63, 3.8) is 0 Å². The van der Waals surface area contributed by atoms with Crippen LogP contribution in [0.2, 0.25) is 0 Å². The van der Waals surface area contributed by atoms with Gasteiger partial charge in [0.2, 0.25) is 0 Å². The number of ether oxygens (including phenoxy) is 2. The summed E-state index contributed by atoms with van der Waals surface area (Å²) in [6.07, 6.45) is 1.54. The van der Waals surface area contributed by atoms with Crippen LogP contribution in [0.25, 0.3) is 6.08 Å². The van der Waals surface area contributed by atoms with Crippen LogP contribution in [0, 0.1) is 0 Å². The van der Waals surface area contributed by atoms with E-state index in [0.717, 1.165) is 0 Å². The van der Waals surface area contributed by atoms with Gasteiger partial charge in [0.1, 0.15) is 11.5 Å². The molecular weight excluding hydrogens is 280 g/mol. The minimum absolute atomic E-state index is 0.129. The molecule has 4 heteroatoms. The molecule has 0 radical (unpaired) electrons. The quantitative estimate of drug-likeness (QED) is 0.644. The van der Waals surface area contributed by atoms with Gasteiger partial charge in [-0.05, 0) is 18.2 Å². The summed E-state index contributed by atoms with van der Waals surface area (Å²) in [7, 11) is 3.06. The van der Waals surface area contributed by atoms with E-state index < -0.39 is 0 Å². The molecule has 4 nitrogen and oxygen atoms in total. The number of ketones is 2.